The van der Waals surface area contributed by atoms with E-state index in [9.17, 15) is 5.11 Å². The fraction of sp³-hybridized carbons (Fsp3) is 0.389. The molecule has 0 bridgehead atoms. The third-order valence-electron chi connectivity index (χ3n) is 5.09. The molecule has 1 aromatic carbocycles. The first-order chi connectivity index (χ1) is 12.5. The summed E-state index contributed by atoms with van der Waals surface area (Å²) in [5.74, 6) is -0.00996. The molecule has 2 N–H and O–H groups in total. The molecule has 0 amide bonds. The minimum Gasteiger partial charge on any atom is -0.483 e. The molecule has 0 saturated carbocycles. The number of aliphatic hydroxyl groups excluding tert-OH is 1. The van der Waals surface area contributed by atoms with Crippen LogP contribution < -0.4 is 14.5 Å². The summed E-state index contributed by atoms with van der Waals surface area (Å²) in [6.07, 6.45) is 1.68. The van der Waals surface area contributed by atoms with Crippen LogP contribution in [-0.4, -0.2) is 61.3 Å². The van der Waals surface area contributed by atoms with Crippen molar-refractivity contribution in [2.45, 2.75) is 6.10 Å². The number of piperazine rings is 1. The molecule has 8 heteroatoms. The van der Waals surface area contributed by atoms with E-state index in [1.54, 1.807) is 11.1 Å². The Balaban J connectivity index is 1.86. The zero-order chi connectivity index (χ0) is 18.4. The predicted molar refractivity (Wildman–Crippen MR) is 96.5 cm³/mol. The molecule has 3 aliphatic rings. The average Bonchev–Trinajstić information content (AvgIpc) is 2.62. The van der Waals surface area contributed by atoms with E-state index >= 15 is 4.39 Å². The van der Waals surface area contributed by atoms with Crippen molar-refractivity contribution in [3.63, 3.8) is 0 Å². The van der Waals surface area contributed by atoms with Crippen LogP contribution in [0.25, 0.3) is 0 Å². The molecule has 0 radical (unpaired) electrons. The van der Waals surface area contributed by atoms with Gasteiger partial charge in [-0.25, -0.2) is 4.39 Å². The van der Waals surface area contributed by atoms with Crippen molar-refractivity contribution in [3.05, 3.63) is 41.5 Å². The summed E-state index contributed by atoms with van der Waals surface area (Å²) in [5.41, 5.74) is 2.40. The topological polar surface area (TPSA) is 71.8 Å². The molecule has 4 rings (SSSR count). The van der Waals surface area contributed by atoms with E-state index < -0.39 is 11.9 Å². The van der Waals surface area contributed by atoms with Gasteiger partial charge in [0, 0.05) is 43.5 Å². The second kappa shape index (κ2) is 6.30. The number of rotatable bonds is 2. The van der Waals surface area contributed by atoms with Crippen LogP contribution in [-0.2, 0) is 0 Å². The minimum absolute atomic E-state index is 0.215. The number of halogens is 1. The fourth-order valence-corrected chi connectivity index (χ4v) is 3.65. The van der Waals surface area contributed by atoms with Crippen LogP contribution in [0.15, 0.2) is 35.3 Å². The molecule has 1 aromatic rings. The van der Waals surface area contributed by atoms with E-state index in [0.717, 1.165) is 19.3 Å². The van der Waals surface area contributed by atoms with Gasteiger partial charge in [-0.3, -0.25) is 0 Å². The summed E-state index contributed by atoms with van der Waals surface area (Å²) < 4.78 is 20.9. The fourth-order valence-electron chi connectivity index (χ4n) is 3.65. The molecule has 138 valence electrons. The van der Waals surface area contributed by atoms with Crippen molar-refractivity contribution < 1.29 is 19.4 Å². The molecular formula is C18H21FN4O3. The standard InChI is InChI=1S/C18H21FN4O3/c1-11-10-26-18-15-13(17(24)12(8-20-25)9-23(11)15)7-14(19)16(18)22-5-3-21(2)4-6-22/h7-9,17,24-25H,1,3-6,10H2,2H3/b20-8+. The van der Waals surface area contributed by atoms with Crippen LogP contribution in [0.1, 0.15) is 11.7 Å². The van der Waals surface area contributed by atoms with Gasteiger partial charge < -0.3 is 29.8 Å². The van der Waals surface area contributed by atoms with Gasteiger partial charge in [0.15, 0.2) is 11.6 Å². The number of anilines is 2. The Morgan fingerprint density at radius 3 is 2.73 bits per heavy atom. The summed E-state index contributed by atoms with van der Waals surface area (Å²) in [6, 6.07) is 1.34. The lowest BCUT2D eigenvalue weighted by Gasteiger charge is -2.41. The number of aliphatic hydroxyl groups is 1. The highest BCUT2D eigenvalue weighted by molar-refractivity contribution is 5.89. The van der Waals surface area contributed by atoms with Gasteiger partial charge in [-0.2, -0.15) is 0 Å². The minimum atomic E-state index is -1.11. The van der Waals surface area contributed by atoms with Crippen LogP contribution in [0.4, 0.5) is 15.8 Å². The molecule has 7 nitrogen and oxygen atoms in total. The number of likely N-dealkylation sites (N-methyl/N-ethyl adjacent to an activating group) is 1. The van der Waals surface area contributed by atoms with Crippen molar-refractivity contribution in [1.82, 2.24) is 4.90 Å². The molecule has 26 heavy (non-hydrogen) atoms. The SMILES string of the molecule is C=C1COc2c(N3CCN(C)CC3)c(F)cc3c2N1C=C(/C=N/O)C3O. The first-order valence-corrected chi connectivity index (χ1v) is 8.48. The van der Waals surface area contributed by atoms with Crippen LogP contribution in [0, 0.1) is 5.82 Å². The smallest absolute Gasteiger partial charge is 0.170 e. The summed E-state index contributed by atoms with van der Waals surface area (Å²) in [7, 11) is 2.04. The summed E-state index contributed by atoms with van der Waals surface area (Å²) >= 11 is 0. The molecule has 1 fully saturated rings. The van der Waals surface area contributed by atoms with Crippen molar-refractivity contribution in [1.29, 1.82) is 0 Å². The molecule has 0 spiro atoms. The number of nitrogens with zero attached hydrogens (tertiary/aromatic N) is 4. The lowest BCUT2D eigenvalue weighted by atomic mass is 9.94. The Morgan fingerprint density at radius 2 is 2.04 bits per heavy atom. The van der Waals surface area contributed by atoms with E-state index in [4.69, 9.17) is 9.94 Å². The van der Waals surface area contributed by atoms with Gasteiger partial charge in [0.05, 0.1) is 17.6 Å². The molecular weight excluding hydrogens is 339 g/mol. The third-order valence-corrected chi connectivity index (χ3v) is 5.09. The molecule has 0 aromatic heterocycles. The van der Waals surface area contributed by atoms with E-state index in [1.807, 2.05) is 11.9 Å². The maximum atomic E-state index is 15.1. The Morgan fingerprint density at radius 1 is 1.31 bits per heavy atom. The van der Waals surface area contributed by atoms with Gasteiger partial charge in [0.2, 0.25) is 0 Å². The zero-order valence-corrected chi connectivity index (χ0v) is 14.5. The Hall–Kier alpha value is -2.58. The largest absolute Gasteiger partial charge is 0.483 e. The molecule has 1 saturated heterocycles. The first-order valence-electron chi connectivity index (χ1n) is 8.48. The van der Waals surface area contributed by atoms with E-state index in [1.165, 1.54) is 6.07 Å². The maximum Gasteiger partial charge on any atom is 0.170 e. The average molecular weight is 360 g/mol. The maximum absolute atomic E-state index is 15.1. The Labute approximate surface area is 150 Å². The van der Waals surface area contributed by atoms with Crippen LogP contribution in [0.3, 0.4) is 0 Å². The number of hydrogen-bond donors (Lipinski definition) is 2. The predicted octanol–water partition coefficient (Wildman–Crippen LogP) is 1.68. The van der Waals surface area contributed by atoms with Gasteiger partial charge in [0.25, 0.3) is 0 Å². The van der Waals surface area contributed by atoms with Crippen LogP contribution in [0.5, 0.6) is 5.75 Å². The highest BCUT2D eigenvalue weighted by atomic mass is 19.1. The van der Waals surface area contributed by atoms with Crippen molar-refractivity contribution in [3.8, 4) is 5.75 Å². The van der Waals surface area contributed by atoms with E-state index in [0.29, 0.717) is 47.0 Å². The van der Waals surface area contributed by atoms with E-state index in [2.05, 4.69) is 16.6 Å². The van der Waals surface area contributed by atoms with Gasteiger partial charge in [-0.15, -0.1) is 0 Å². The Kier molecular flexibility index (Phi) is 4.08. The second-order valence-electron chi connectivity index (χ2n) is 6.77. The normalized spacial score (nSPS) is 23.1. The van der Waals surface area contributed by atoms with Gasteiger partial charge >= 0.3 is 0 Å². The number of ether oxygens (including phenoxy) is 1. The van der Waals surface area contributed by atoms with Crippen LogP contribution >= 0.6 is 0 Å². The zero-order valence-electron chi connectivity index (χ0n) is 14.5. The molecule has 3 aliphatic heterocycles. The van der Waals surface area contributed by atoms with Crippen LogP contribution in [0.2, 0.25) is 0 Å². The lowest BCUT2D eigenvalue weighted by Crippen LogP contribution is -2.45. The number of hydrogen-bond acceptors (Lipinski definition) is 7. The molecule has 3 heterocycles. The third kappa shape index (κ3) is 2.53. The molecule has 1 unspecified atom stereocenters. The monoisotopic (exact) mass is 360 g/mol. The van der Waals surface area contributed by atoms with Gasteiger partial charge in [-0.05, 0) is 13.1 Å². The number of oxime groups is 1. The quantitative estimate of drug-likeness (QED) is 0.475. The summed E-state index contributed by atoms with van der Waals surface area (Å²) in [6.45, 7) is 7.28. The second-order valence-corrected chi connectivity index (χ2v) is 6.77. The summed E-state index contributed by atoms with van der Waals surface area (Å²) in [4.78, 5) is 5.95. The molecule has 0 aliphatic carbocycles. The molecule has 1 atom stereocenters. The lowest BCUT2D eigenvalue weighted by molar-refractivity contribution is 0.217. The van der Waals surface area contributed by atoms with Crippen molar-refractivity contribution in [2.75, 3.05) is 49.6 Å². The highest BCUT2D eigenvalue weighted by Crippen LogP contribution is 2.51. The van der Waals surface area contributed by atoms with Gasteiger partial charge in [0.1, 0.15) is 18.4 Å². The highest BCUT2D eigenvalue weighted by Gasteiger charge is 2.37. The Bertz CT molecular complexity index is 815. The summed E-state index contributed by atoms with van der Waals surface area (Å²) in [5, 5.41) is 22.4. The first kappa shape index (κ1) is 16.9. The van der Waals surface area contributed by atoms with Crippen molar-refractivity contribution >= 4 is 17.6 Å². The van der Waals surface area contributed by atoms with E-state index in [-0.39, 0.29) is 6.61 Å². The number of benzene rings is 1. The van der Waals surface area contributed by atoms with Gasteiger partial charge in [-0.1, -0.05) is 11.7 Å². The van der Waals surface area contributed by atoms with Crippen molar-refractivity contribution in [2.24, 2.45) is 5.16 Å².